The molecule has 1 aromatic heterocycles. The number of aliphatic hydroxyl groups is 1. The summed E-state index contributed by atoms with van der Waals surface area (Å²) >= 11 is 1.56. The van der Waals surface area contributed by atoms with Crippen molar-refractivity contribution in [3.05, 3.63) is 39.8 Å². The Balaban J connectivity index is 2.17. The first kappa shape index (κ1) is 13.8. The third-order valence-corrected chi connectivity index (χ3v) is 3.63. The molecule has 0 aliphatic rings. The zero-order valence-electron chi connectivity index (χ0n) is 11.2. The SMILES string of the molecule is COc1ccc([C@H](C)O)c(OCc2nc(C)cs2)c1. The van der Waals surface area contributed by atoms with Gasteiger partial charge in [0.2, 0.25) is 0 Å². The molecule has 1 aromatic carbocycles. The number of aliphatic hydroxyl groups excluding tert-OH is 1. The average Bonchev–Trinajstić information content (AvgIpc) is 2.81. The van der Waals surface area contributed by atoms with Crippen molar-refractivity contribution in [2.45, 2.75) is 26.6 Å². The smallest absolute Gasteiger partial charge is 0.140 e. The number of nitrogens with zero attached hydrogens (tertiary/aromatic N) is 1. The maximum absolute atomic E-state index is 9.74. The molecule has 0 spiro atoms. The molecule has 102 valence electrons. The first-order chi connectivity index (χ1) is 9.10. The maximum atomic E-state index is 9.74. The summed E-state index contributed by atoms with van der Waals surface area (Å²) in [6.45, 7) is 4.06. The molecule has 0 bridgehead atoms. The minimum atomic E-state index is -0.584. The molecule has 2 rings (SSSR count). The highest BCUT2D eigenvalue weighted by Crippen LogP contribution is 2.30. The van der Waals surface area contributed by atoms with E-state index in [9.17, 15) is 5.11 Å². The van der Waals surface area contributed by atoms with Crippen LogP contribution in [0.3, 0.4) is 0 Å². The van der Waals surface area contributed by atoms with Crippen LogP contribution in [0.5, 0.6) is 11.5 Å². The van der Waals surface area contributed by atoms with E-state index in [-0.39, 0.29) is 0 Å². The van der Waals surface area contributed by atoms with Crippen LogP contribution in [0.2, 0.25) is 0 Å². The fraction of sp³-hybridized carbons (Fsp3) is 0.357. The van der Waals surface area contributed by atoms with E-state index < -0.39 is 6.10 Å². The number of rotatable bonds is 5. The van der Waals surface area contributed by atoms with Gasteiger partial charge >= 0.3 is 0 Å². The van der Waals surface area contributed by atoms with E-state index in [1.807, 2.05) is 24.4 Å². The third-order valence-electron chi connectivity index (χ3n) is 2.69. The molecule has 1 N–H and O–H groups in total. The zero-order valence-corrected chi connectivity index (χ0v) is 12.0. The third kappa shape index (κ3) is 3.45. The molecule has 0 amide bonds. The molecule has 19 heavy (non-hydrogen) atoms. The monoisotopic (exact) mass is 279 g/mol. The van der Waals surface area contributed by atoms with Crippen LogP contribution in [-0.4, -0.2) is 17.2 Å². The van der Waals surface area contributed by atoms with Crippen molar-refractivity contribution in [3.63, 3.8) is 0 Å². The number of benzene rings is 1. The Morgan fingerprint density at radius 3 is 2.79 bits per heavy atom. The van der Waals surface area contributed by atoms with Gasteiger partial charge in [0.05, 0.1) is 13.2 Å². The van der Waals surface area contributed by atoms with E-state index in [0.717, 1.165) is 16.3 Å². The van der Waals surface area contributed by atoms with Crippen LogP contribution in [0.1, 0.15) is 29.3 Å². The molecular weight excluding hydrogens is 262 g/mol. The van der Waals surface area contributed by atoms with Gasteiger partial charge in [0.15, 0.2) is 0 Å². The van der Waals surface area contributed by atoms with E-state index in [2.05, 4.69) is 4.98 Å². The van der Waals surface area contributed by atoms with E-state index in [1.165, 1.54) is 0 Å². The van der Waals surface area contributed by atoms with Crippen molar-refractivity contribution in [2.24, 2.45) is 0 Å². The lowest BCUT2D eigenvalue weighted by molar-refractivity contribution is 0.190. The molecule has 0 fully saturated rings. The number of hydrogen-bond acceptors (Lipinski definition) is 5. The van der Waals surface area contributed by atoms with Gasteiger partial charge in [-0.3, -0.25) is 0 Å². The molecule has 0 saturated heterocycles. The summed E-state index contributed by atoms with van der Waals surface area (Å²) in [4.78, 5) is 4.34. The topological polar surface area (TPSA) is 51.6 Å². The normalized spacial score (nSPS) is 12.2. The summed E-state index contributed by atoms with van der Waals surface area (Å²) in [7, 11) is 1.60. The van der Waals surface area contributed by atoms with Gasteiger partial charge in [-0.05, 0) is 26.0 Å². The van der Waals surface area contributed by atoms with Gasteiger partial charge in [-0.15, -0.1) is 11.3 Å². The van der Waals surface area contributed by atoms with Crippen molar-refractivity contribution in [2.75, 3.05) is 7.11 Å². The van der Waals surface area contributed by atoms with Gasteiger partial charge < -0.3 is 14.6 Å². The van der Waals surface area contributed by atoms with Gasteiger partial charge in [-0.25, -0.2) is 4.98 Å². The molecule has 1 heterocycles. The van der Waals surface area contributed by atoms with Gasteiger partial charge in [0, 0.05) is 22.7 Å². The molecule has 1 atom stereocenters. The fourth-order valence-corrected chi connectivity index (χ4v) is 2.40. The molecule has 5 heteroatoms. The van der Waals surface area contributed by atoms with Gasteiger partial charge in [-0.2, -0.15) is 0 Å². The molecule has 4 nitrogen and oxygen atoms in total. The van der Waals surface area contributed by atoms with Crippen LogP contribution in [0.4, 0.5) is 0 Å². The second kappa shape index (κ2) is 6.04. The first-order valence-corrected chi connectivity index (χ1v) is 6.88. The summed E-state index contributed by atoms with van der Waals surface area (Å²) in [5.74, 6) is 1.33. The van der Waals surface area contributed by atoms with Crippen LogP contribution in [0, 0.1) is 6.92 Å². The zero-order chi connectivity index (χ0) is 13.8. The molecule has 0 unspecified atom stereocenters. The molecule has 0 saturated carbocycles. The summed E-state index contributed by atoms with van der Waals surface area (Å²) in [6, 6.07) is 5.40. The average molecular weight is 279 g/mol. The molecule has 0 radical (unpaired) electrons. The molecule has 0 aliphatic carbocycles. The highest BCUT2D eigenvalue weighted by molar-refractivity contribution is 7.09. The predicted molar refractivity (Wildman–Crippen MR) is 74.8 cm³/mol. The number of ether oxygens (including phenoxy) is 2. The first-order valence-electron chi connectivity index (χ1n) is 6.00. The van der Waals surface area contributed by atoms with E-state index in [4.69, 9.17) is 9.47 Å². The minimum absolute atomic E-state index is 0.394. The standard InChI is InChI=1S/C14H17NO3S/c1-9-8-19-14(15-9)7-18-13-6-11(17-3)4-5-12(13)10(2)16/h4-6,8,10,16H,7H2,1-3H3/t10-/m0/s1. The maximum Gasteiger partial charge on any atom is 0.140 e. The van der Waals surface area contributed by atoms with Gasteiger partial charge in [0.25, 0.3) is 0 Å². The van der Waals surface area contributed by atoms with E-state index in [1.54, 1.807) is 31.4 Å². The highest BCUT2D eigenvalue weighted by atomic mass is 32.1. The van der Waals surface area contributed by atoms with Crippen LogP contribution in [0.15, 0.2) is 23.6 Å². The van der Waals surface area contributed by atoms with Gasteiger partial charge in [-0.1, -0.05) is 0 Å². The second-order valence-corrected chi connectivity index (χ2v) is 5.19. The van der Waals surface area contributed by atoms with Crippen LogP contribution in [0.25, 0.3) is 0 Å². The Bertz CT molecular complexity index is 551. The van der Waals surface area contributed by atoms with Crippen LogP contribution in [-0.2, 0) is 6.61 Å². The van der Waals surface area contributed by atoms with Crippen molar-refractivity contribution in [1.29, 1.82) is 0 Å². The molecule has 2 aromatic rings. The Morgan fingerprint density at radius 1 is 1.42 bits per heavy atom. The Morgan fingerprint density at radius 2 is 2.21 bits per heavy atom. The molecule has 0 aliphatic heterocycles. The lowest BCUT2D eigenvalue weighted by Gasteiger charge is -2.14. The lowest BCUT2D eigenvalue weighted by atomic mass is 10.1. The fourth-order valence-electron chi connectivity index (χ4n) is 1.72. The van der Waals surface area contributed by atoms with Crippen molar-refractivity contribution >= 4 is 11.3 Å². The Labute approximate surface area is 116 Å². The summed E-state index contributed by atoms with van der Waals surface area (Å²) < 4.78 is 10.9. The largest absolute Gasteiger partial charge is 0.497 e. The van der Waals surface area contributed by atoms with E-state index >= 15 is 0 Å². The van der Waals surface area contributed by atoms with Crippen LogP contribution >= 0.6 is 11.3 Å². The number of methoxy groups -OCH3 is 1. The lowest BCUT2D eigenvalue weighted by Crippen LogP contribution is -2.01. The summed E-state index contributed by atoms with van der Waals surface area (Å²) in [5.41, 5.74) is 1.74. The second-order valence-electron chi connectivity index (χ2n) is 4.25. The quantitative estimate of drug-likeness (QED) is 0.913. The van der Waals surface area contributed by atoms with Gasteiger partial charge in [0.1, 0.15) is 23.1 Å². The number of hydrogen-bond donors (Lipinski definition) is 1. The Kier molecular flexibility index (Phi) is 4.39. The number of aromatic nitrogens is 1. The minimum Gasteiger partial charge on any atom is -0.497 e. The summed E-state index contributed by atoms with van der Waals surface area (Å²) in [5, 5.41) is 12.6. The van der Waals surface area contributed by atoms with Crippen molar-refractivity contribution in [1.82, 2.24) is 4.98 Å². The number of thiazole rings is 1. The summed E-state index contributed by atoms with van der Waals surface area (Å²) in [6.07, 6.45) is -0.584. The Hall–Kier alpha value is -1.59. The number of aryl methyl sites for hydroxylation is 1. The van der Waals surface area contributed by atoms with Crippen LogP contribution < -0.4 is 9.47 Å². The predicted octanol–water partition coefficient (Wildman–Crippen LogP) is 3.09. The van der Waals surface area contributed by atoms with Crippen molar-refractivity contribution < 1.29 is 14.6 Å². The van der Waals surface area contributed by atoms with Crippen molar-refractivity contribution in [3.8, 4) is 11.5 Å². The highest BCUT2D eigenvalue weighted by Gasteiger charge is 2.11. The molecular formula is C14H17NO3S. The van der Waals surface area contributed by atoms with E-state index in [0.29, 0.717) is 18.1 Å².